The van der Waals surface area contributed by atoms with Crippen molar-refractivity contribution < 1.29 is 5.94 Å². The lowest BCUT2D eigenvalue weighted by Gasteiger charge is -2.14. The summed E-state index contributed by atoms with van der Waals surface area (Å²) < 4.78 is 23.8. The van der Waals surface area contributed by atoms with Crippen LogP contribution in [0.3, 0.4) is 0 Å². The minimum Gasteiger partial charge on any atom is -0.312 e. The number of rotatable bonds is 4. The maximum Gasteiger partial charge on any atom is 0.157 e. The largest absolute Gasteiger partial charge is 0.312 e. The van der Waals surface area contributed by atoms with Crippen molar-refractivity contribution in [2.24, 2.45) is 0 Å². The Morgan fingerprint density at radius 2 is 1.53 bits per heavy atom. The van der Waals surface area contributed by atoms with Gasteiger partial charge in [-0.15, -0.1) is 0 Å². The zero-order valence-corrected chi connectivity index (χ0v) is 19.5. The molecule has 4 nitrogen and oxygen atoms in total. The van der Waals surface area contributed by atoms with Gasteiger partial charge in [-0.25, -0.2) is 4.98 Å². The molecule has 3 aromatic heterocycles. The average molecular weight is 460 g/mol. The van der Waals surface area contributed by atoms with Crippen LogP contribution in [0.5, 0.6) is 0 Å². The van der Waals surface area contributed by atoms with Crippen molar-refractivity contribution in [2.45, 2.75) is 0 Å². The average Bonchev–Trinajstić information content (AvgIpc) is 3.23. The first-order chi connectivity index (χ1) is 17.0. The number of nitrogens with zero attached hydrogens (tertiary/aromatic N) is 3. The van der Waals surface area contributed by atoms with Crippen molar-refractivity contribution in [1.29, 1.82) is 0 Å². The van der Waals surface area contributed by atoms with E-state index in [2.05, 4.69) is 50.9 Å². The van der Waals surface area contributed by atoms with E-state index in [1.807, 2.05) is 54.7 Å². The molecule has 0 saturated carbocycles. The fraction of sp³-hybridized carbons (Fsp3) is 0.0345. The zero-order chi connectivity index (χ0) is 24.0. The van der Waals surface area contributed by atoms with Crippen molar-refractivity contribution in [1.82, 2.24) is 14.5 Å². The molecule has 3 heterocycles. The molecule has 164 valence electrons. The van der Waals surface area contributed by atoms with Crippen LogP contribution in [0.15, 0.2) is 115 Å². The summed E-state index contributed by atoms with van der Waals surface area (Å²) in [7, 11) is -2.95. The maximum absolute atomic E-state index is 13.8. The molecule has 6 aromatic rings. The van der Waals surface area contributed by atoms with Gasteiger partial charge in [-0.3, -0.25) is 9.55 Å². The summed E-state index contributed by atoms with van der Waals surface area (Å²) in [4.78, 5) is 8.84. The molecule has 0 bridgehead atoms. The van der Waals surface area contributed by atoms with Crippen LogP contribution in [0.25, 0.3) is 38.8 Å². The maximum atomic E-state index is 13.8. The number of hydrogen-bond acceptors (Lipinski definition) is 3. The van der Waals surface area contributed by atoms with Crippen LogP contribution in [-0.2, 0) is 4.57 Å². The molecule has 5 heteroatoms. The smallest absolute Gasteiger partial charge is 0.157 e. The van der Waals surface area contributed by atoms with Crippen LogP contribution in [-0.4, -0.2) is 21.2 Å². The molecule has 0 radical (unpaired) electrons. The van der Waals surface area contributed by atoms with Crippen LogP contribution < -0.4 is 10.7 Å². The van der Waals surface area contributed by atoms with Gasteiger partial charge < -0.3 is 4.57 Å². The Morgan fingerprint density at radius 1 is 0.735 bits per heavy atom. The molecule has 1 unspecified atom stereocenters. The number of pyridine rings is 2. The molecule has 6 rings (SSSR count). The monoisotopic (exact) mass is 460 g/mol. The predicted molar refractivity (Wildman–Crippen MR) is 141 cm³/mol. The van der Waals surface area contributed by atoms with E-state index in [-0.39, 0.29) is 6.17 Å². The Labute approximate surface area is 199 Å². The van der Waals surface area contributed by atoms with Crippen LogP contribution in [0.4, 0.5) is 0 Å². The van der Waals surface area contributed by atoms with Crippen molar-refractivity contribution in [3.8, 4) is 16.9 Å². The van der Waals surface area contributed by atoms with Gasteiger partial charge in [0.05, 0.1) is 12.4 Å². The molecule has 1 atom stereocenters. The Balaban J connectivity index is 1.53. The number of hydrogen-bond donors (Lipinski definition) is 0. The lowest BCUT2D eigenvalue weighted by Crippen LogP contribution is -2.17. The fourth-order valence-electron chi connectivity index (χ4n) is 4.52. The Morgan fingerprint density at radius 3 is 2.38 bits per heavy atom. The van der Waals surface area contributed by atoms with E-state index in [0.29, 0.717) is 5.44 Å². The van der Waals surface area contributed by atoms with E-state index in [1.54, 1.807) is 24.9 Å². The summed E-state index contributed by atoms with van der Waals surface area (Å²) in [5, 5.41) is 3.05. The van der Waals surface area contributed by atoms with Crippen LogP contribution >= 0.6 is 7.14 Å². The molecule has 34 heavy (non-hydrogen) atoms. The molecule has 3 aromatic carbocycles. The first kappa shape index (κ1) is 19.5. The molecule has 0 fully saturated rings. The third-order valence-corrected chi connectivity index (χ3v) is 8.64. The topological polar surface area (TPSA) is 47.8 Å². The number of aromatic nitrogens is 3. The molecule has 0 N–H and O–H groups in total. The zero-order valence-electron chi connectivity index (χ0n) is 19.6. The molecule has 0 aliphatic carbocycles. The number of benzene rings is 3. The van der Waals surface area contributed by atoms with E-state index in [9.17, 15) is 4.57 Å². The van der Waals surface area contributed by atoms with Crippen LogP contribution in [0.1, 0.15) is 1.37 Å². The third-order valence-electron chi connectivity index (χ3n) is 6.26. The minimum atomic E-state index is -2.95. The molecule has 0 amide bonds. The van der Waals surface area contributed by atoms with Gasteiger partial charge in [-0.05, 0) is 60.3 Å². The first-order valence-electron chi connectivity index (χ1n) is 11.6. The highest BCUT2D eigenvalue weighted by Crippen LogP contribution is 2.39. The molecular weight excluding hydrogens is 437 g/mol. The fourth-order valence-corrected chi connectivity index (χ4v) is 6.16. The Kier molecular flexibility index (Phi) is 4.63. The van der Waals surface area contributed by atoms with Crippen molar-refractivity contribution in [3.05, 3.63) is 115 Å². The van der Waals surface area contributed by atoms with Gasteiger partial charge in [0.15, 0.2) is 7.14 Å². The SMILES string of the molecule is [2H]c1cccc(P(C)(=O)c2cccc(-c3ccc4c5ccccc5n(-c5ccccn5)c4c3)c2)n1. The lowest BCUT2D eigenvalue weighted by molar-refractivity contribution is 0.590. The Bertz CT molecular complexity index is 1760. The van der Waals surface area contributed by atoms with Gasteiger partial charge in [0.25, 0.3) is 0 Å². The van der Waals surface area contributed by atoms with E-state index in [1.165, 1.54) is 5.39 Å². The lowest BCUT2D eigenvalue weighted by atomic mass is 10.0. The summed E-state index contributed by atoms with van der Waals surface area (Å²) in [6.07, 6.45) is 1.93. The van der Waals surface area contributed by atoms with Crippen molar-refractivity contribution in [3.63, 3.8) is 0 Å². The van der Waals surface area contributed by atoms with Crippen molar-refractivity contribution >= 4 is 39.7 Å². The second kappa shape index (κ2) is 8.09. The molecular formula is C29H22N3OP. The second-order valence-corrected chi connectivity index (χ2v) is 11.2. The molecule has 0 aliphatic rings. The van der Waals surface area contributed by atoms with Gasteiger partial charge in [-0.2, -0.15) is 0 Å². The summed E-state index contributed by atoms with van der Waals surface area (Å²) in [5.41, 5.74) is 4.63. The summed E-state index contributed by atoms with van der Waals surface area (Å²) in [5.74, 6) is 0.865. The van der Waals surface area contributed by atoms with Crippen LogP contribution in [0, 0.1) is 0 Å². The molecule has 0 saturated heterocycles. The van der Waals surface area contributed by atoms with E-state index >= 15 is 0 Å². The van der Waals surface area contributed by atoms with Gasteiger partial charge in [0, 0.05) is 28.4 Å². The third kappa shape index (κ3) is 3.35. The van der Waals surface area contributed by atoms with Crippen LogP contribution in [0.2, 0.25) is 0 Å². The minimum absolute atomic E-state index is 0.119. The quantitative estimate of drug-likeness (QED) is 0.295. The van der Waals surface area contributed by atoms with Gasteiger partial charge >= 0.3 is 0 Å². The normalized spacial score (nSPS) is 13.6. The highest BCUT2D eigenvalue weighted by Gasteiger charge is 2.23. The van der Waals surface area contributed by atoms with Gasteiger partial charge in [0.2, 0.25) is 0 Å². The number of fused-ring (bicyclic) bond motifs is 3. The summed E-state index contributed by atoms with van der Waals surface area (Å²) in [6.45, 7) is 1.72. The van der Waals surface area contributed by atoms with Gasteiger partial charge in [-0.1, -0.05) is 60.7 Å². The summed E-state index contributed by atoms with van der Waals surface area (Å²) in [6, 6.07) is 33.6. The number of para-hydroxylation sites is 1. The standard InChI is InChI=1S/C29H22N3OP/c1-34(33,29-14-5-7-18-31-29)23-10-8-9-21(19-23)22-15-16-25-24-11-2-3-12-26(24)32(27(25)20-22)28-13-4-6-17-30-28/h2-20H,1H3/i18D. The van der Waals surface area contributed by atoms with E-state index in [4.69, 9.17) is 1.37 Å². The highest BCUT2D eigenvalue weighted by molar-refractivity contribution is 7.77. The molecule has 0 aliphatic heterocycles. The van der Waals surface area contributed by atoms with E-state index < -0.39 is 7.14 Å². The van der Waals surface area contributed by atoms with Gasteiger partial charge in [0.1, 0.15) is 11.3 Å². The highest BCUT2D eigenvalue weighted by atomic mass is 31.2. The van der Waals surface area contributed by atoms with Crippen molar-refractivity contribution in [2.75, 3.05) is 6.66 Å². The predicted octanol–water partition coefficient (Wildman–Crippen LogP) is 6.18. The summed E-state index contributed by atoms with van der Waals surface area (Å²) >= 11 is 0. The Hall–Kier alpha value is -4.01. The molecule has 0 spiro atoms. The first-order valence-corrected chi connectivity index (χ1v) is 13.3. The van der Waals surface area contributed by atoms with E-state index in [0.717, 1.165) is 38.7 Å². The second-order valence-electron chi connectivity index (χ2n) is 8.37.